The van der Waals surface area contributed by atoms with Gasteiger partial charge in [0, 0.05) is 24.5 Å². The minimum Gasteiger partial charge on any atom is -0.497 e. The number of ketones is 1. The van der Waals surface area contributed by atoms with Gasteiger partial charge < -0.3 is 24.1 Å². The van der Waals surface area contributed by atoms with Crippen LogP contribution in [-0.4, -0.2) is 37.5 Å². The van der Waals surface area contributed by atoms with Crippen molar-refractivity contribution in [3.63, 3.8) is 0 Å². The van der Waals surface area contributed by atoms with Gasteiger partial charge in [0.15, 0.2) is 6.29 Å². The molecule has 174 valence electrons. The third kappa shape index (κ3) is 7.93. The summed E-state index contributed by atoms with van der Waals surface area (Å²) in [6.45, 7) is 1.72. The number of hydrogen-bond acceptors (Lipinski definition) is 6. The van der Waals surface area contributed by atoms with Crippen LogP contribution in [0.3, 0.4) is 0 Å². The molecular weight excluding hydrogens is 396 g/mol. The van der Waals surface area contributed by atoms with Crippen molar-refractivity contribution in [3.05, 3.63) is 23.3 Å². The average Bonchev–Trinajstić information content (AvgIpc) is 3.13. The molecule has 0 spiro atoms. The molecule has 1 aliphatic heterocycles. The Bertz CT molecular complexity index is 699. The van der Waals surface area contributed by atoms with E-state index in [-0.39, 0.29) is 18.0 Å². The van der Waals surface area contributed by atoms with Crippen LogP contribution in [0.4, 0.5) is 0 Å². The van der Waals surface area contributed by atoms with Crippen molar-refractivity contribution >= 4 is 12.1 Å². The standard InChI is InChI=1S/C25H38O6/c1-18(27)13-14-19(28)11-9-7-5-4-6-8-10-12-22-21-15-20(29-2)16-23(30-3)25(21)24(17-26)31-22/h15-18,22,24,27H,4-14H2,1-3H3. The number of carbonyl (C=O) groups is 2. The van der Waals surface area contributed by atoms with E-state index < -0.39 is 6.10 Å². The molecule has 6 nitrogen and oxygen atoms in total. The summed E-state index contributed by atoms with van der Waals surface area (Å²) in [5, 5.41) is 9.22. The van der Waals surface area contributed by atoms with Gasteiger partial charge in [-0.15, -0.1) is 0 Å². The van der Waals surface area contributed by atoms with E-state index in [1.54, 1.807) is 27.2 Å². The maximum Gasteiger partial charge on any atom is 0.153 e. The molecule has 1 N–H and O–H groups in total. The Morgan fingerprint density at radius 1 is 1.06 bits per heavy atom. The smallest absolute Gasteiger partial charge is 0.153 e. The highest BCUT2D eigenvalue weighted by Gasteiger charge is 2.34. The minimum atomic E-state index is -0.579. The van der Waals surface area contributed by atoms with E-state index >= 15 is 0 Å². The fourth-order valence-corrected chi connectivity index (χ4v) is 4.15. The fourth-order valence-electron chi connectivity index (χ4n) is 4.15. The topological polar surface area (TPSA) is 82.1 Å². The molecule has 1 aromatic carbocycles. The highest BCUT2D eigenvalue weighted by Crippen LogP contribution is 2.47. The number of ether oxygens (including phenoxy) is 3. The lowest BCUT2D eigenvalue weighted by Gasteiger charge is -2.13. The molecule has 1 aliphatic rings. The normalized spacial score (nSPS) is 18.5. The average molecular weight is 435 g/mol. The van der Waals surface area contributed by atoms with E-state index in [0.717, 1.165) is 62.4 Å². The summed E-state index contributed by atoms with van der Waals surface area (Å²) in [5.41, 5.74) is 1.82. The number of unbranched alkanes of at least 4 members (excludes halogenated alkanes) is 6. The van der Waals surface area contributed by atoms with Crippen LogP contribution < -0.4 is 9.47 Å². The SMILES string of the molecule is COc1cc(OC)c2c(c1)C(CCCCCCCCCC(=O)CCC(C)O)OC2C=O. The summed E-state index contributed by atoms with van der Waals surface area (Å²) in [6.07, 6.45) is 9.99. The van der Waals surface area contributed by atoms with Gasteiger partial charge in [0.2, 0.25) is 0 Å². The molecule has 0 radical (unpaired) electrons. The Kier molecular flexibility index (Phi) is 11.0. The highest BCUT2D eigenvalue weighted by atomic mass is 16.5. The first-order chi connectivity index (χ1) is 15.0. The molecule has 0 fully saturated rings. The molecule has 0 saturated carbocycles. The zero-order valence-corrected chi connectivity index (χ0v) is 19.2. The van der Waals surface area contributed by atoms with Gasteiger partial charge in [-0.25, -0.2) is 0 Å². The van der Waals surface area contributed by atoms with Crippen LogP contribution in [0.1, 0.15) is 101 Å². The van der Waals surface area contributed by atoms with Gasteiger partial charge in [0.25, 0.3) is 0 Å². The second-order valence-corrected chi connectivity index (χ2v) is 8.45. The number of rotatable bonds is 16. The lowest BCUT2D eigenvalue weighted by Crippen LogP contribution is -2.05. The van der Waals surface area contributed by atoms with Crippen molar-refractivity contribution in [3.8, 4) is 11.5 Å². The molecule has 3 atom stereocenters. The number of aldehydes is 1. The Morgan fingerprint density at radius 2 is 1.74 bits per heavy atom. The molecule has 0 saturated heterocycles. The number of aliphatic hydroxyl groups excluding tert-OH is 1. The Morgan fingerprint density at radius 3 is 2.35 bits per heavy atom. The fraction of sp³-hybridized carbons (Fsp3) is 0.680. The van der Waals surface area contributed by atoms with Crippen molar-refractivity contribution in [2.45, 2.75) is 95.9 Å². The highest BCUT2D eigenvalue weighted by molar-refractivity contribution is 5.78. The van der Waals surface area contributed by atoms with E-state index in [1.807, 2.05) is 6.07 Å². The molecule has 1 aromatic rings. The second kappa shape index (κ2) is 13.5. The van der Waals surface area contributed by atoms with Gasteiger partial charge in [-0.05, 0) is 37.8 Å². The molecule has 0 aromatic heterocycles. The molecule has 31 heavy (non-hydrogen) atoms. The van der Waals surface area contributed by atoms with Crippen LogP contribution in [0.5, 0.6) is 11.5 Å². The summed E-state index contributed by atoms with van der Waals surface area (Å²) in [4.78, 5) is 23.2. The lowest BCUT2D eigenvalue weighted by atomic mass is 9.97. The van der Waals surface area contributed by atoms with Gasteiger partial charge in [-0.1, -0.05) is 38.5 Å². The van der Waals surface area contributed by atoms with Crippen molar-refractivity contribution in [2.24, 2.45) is 0 Å². The summed E-state index contributed by atoms with van der Waals surface area (Å²) in [6, 6.07) is 3.75. The number of carbonyl (C=O) groups excluding carboxylic acids is 2. The number of methoxy groups -OCH3 is 2. The first-order valence-corrected chi connectivity index (χ1v) is 11.6. The molecule has 0 aliphatic carbocycles. The maximum atomic E-state index is 11.7. The number of aliphatic hydroxyl groups is 1. The monoisotopic (exact) mass is 434 g/mol. The zero-order valence-electron chi connectivity index (χ0n) is 19.2. The minimum absolute atomic E-state index is 0.109. The van der Waals surface area contributed by atoms with Gasteiger partial charge in [-0.2, -0.15) is 0 Å². The van der Waals surface area contributed by atoms with Gasteiger partial charge >= 0.3 is 0 Å². The quantitative estimate of drug-likeness (QED) is 0.282. The molecule has 3 unspecified atom stereocenters. The van der Waals surface area contributed by atoms with Crippen LogP contribution >= 0.6 is 0 Å². The summed E-state index contributed by atoms with van der Waals surface area (Å²) in [7, 11) is 3.21. The Balaban J connectivity index is 1.66. The Hall–Kier alpha value is -1.92. The van der Waals surface area contributed by atoms with Crippen LogP contribution in [0.25, 0.3) is 0 Å². The third-order valence-electron chi connectivity index (χ3n) is 5.93. The largest absolute Gasteiger partial charge is 0.497 e. The Labute approximate surface area is 186 Å². The molecule has 0 bridgehead atoms. The van der Waals surface area contributed by atoms with Crippen LogP contribution in [0.2, 0.25) is 0 Å². The maximum absolute atomic E-state index is 11.7. The summed E-state index contributed by atoms with van der Waals surface area (Å²) in [5.74, 6) is 1.61. The van der Waals surface area contributed by atoms with E-state index in [1.165, 1.54) is 6.42 Å². The van der Waals surface area contributed by atoms with Crippen molar-refractivity contribution in [1.29, 1.82) is 0 Å². The molecule has 2 rings (SSSR count). The van der Waals surface area contributed by atoms with Gasteiger partial charge in [0.1, 0.15) is 23.4 Å². The molecule has 1 heterocycles. The van der Waals surface area contributed by atoms with E-state index in [2.05, 4.69) is 0 Å². The van der Waals surface area contributed by atoms with Crippen LogP contribution in [0, 0.1) is 0 Å². The zero-order chi connectivity index (χ0) is 22.6. The third-order valence-corrected chi connectivity index (χ3v) is 5.93. The van der Waals surface area contributed by atoms with Gasteiger partial charge in [-0.3, -0.25) is 4.79 Å². The van der Waals surface area contributed by atoms with Gasteiger partial charge in [0.05, 0.1) is 26.4 Å². The van der Waals surface area contributed by atoms with Crippen molar-refractivity contribution in [1.82, 2.24) is 0 Å². The number of Topliss-reactive ketones (excluding diaryl/α,β-unsaturated/α-hetero) is 1. The van der Waals surface area contributed by atoms with Crippen molar-refractivity contribution in [2.75, 3.05) is 14.2 Å². The first-order valence-electron chi connectivity index (χ1n) is 11.6. The first kappa shape index (κ1) is 25.3. The lowest BCUT2D eigenvalue weighted by molar-refractivity contribution is -0.120. The van der Waals surface area contributed by atoms with Crippen LogP contribution in [-0.2, 0) is 14.3 Å². The van der Waals surface area contributed by atoms with Crippen molar-refractivity contribution < 1.29 is 28.9 Å². The van der Waals surface area contributed by atoms with E-state index in [9.17, 15) is 14.7 Å². The van der Waals surface area contributed by atoms with Crippen LogP contribution in [0.15, 0.2) is 12.1 Å². The molecule has 0 amide bonds. The summed E-state index contributed by atoms with van der Waals surface area (Å²) >= 11 is 0. The number of hydrogen-bond donors (Lipinski definition) is 1. The second-order valence-electron chi connectivity index (χ2n) is 8.45. The number of benzene rings is 1. The van der Waals surface area contributed by atoms with E-state index in [0.29, 0.717) is 30.8 Å². The molecular formula is C25H38O6. The molecule has 6 heteroatoms. The summed E-state index contributed by atoms with van der Waals surface area (Å²) < 4.78 is 16.8. The number of fused-ring (bicyclic) bond motifs is 1. The predicted octanol–water partition coefficient (Wildman–Crippen LogP) is 5.26. The van der Waals surface area contributed by atoms with E-state index in [4.69, 9.17) is 14.2 Å². The predicted molar refractivity (Wildman–Crippen MR) is 120 cm³/mol.